The quantitative estimate of drug-likeness (QED) is 0.107. The average molecular weight is 2000 g/mol. The van der Waals surface area contributed by atoms with Crippen LogP contribution in [-0.4, -0.2) is 265 Å². The molecule has 0 unspecified atom stereocenters. The Morgan fingerprint density at radius 2 is 0.524 bits per heavy atom. The number of likely N-dealkylation sites (N-methyl/N-ethyl adjacent to an activating group) is 5. The normalized spacial score (nSPS) is 37.8. The van der Waals surface area contributed by atoms with Gasteiger partial charge in [-0.3, -0.25) is 47.9 Å². The number of amides is 10. The lowest BCUT2D eigenvalue weighted by Crippen LogP contribution is -2.62. The van der Waals surface area contributed by atoms with Crippen LogP contribution in [0.5, 0.6) is 57.5 Å². The lowest BCUT2D eigenvalue weighted by molar-refractivity contribution is -0.157. The van der Waals surface area contributed by atoms with Crippen LogP contribution >= 0.6 is 0 Å². The van der Waals surface area contributed by atoms with Gasteiger partial charge in [0.2, 0.25) is 92.9 Å². The lowest BCUT2D eigenvalue weighted by atomic mass is 9.86. The van der Waals surface area contributed by atoms with Gasteiger partial charge in [-0.05, 0) is 146 Å². The van der Waals surface area contributed by atoms with Gasteiger partial charge in [-0.15, -0.1) is 0 Å². The van der Waals surface area contributed by atoms with Gasteiger partial charge in [0, 0.05) is 164 Å². The van der Waals surface area contributed by atoms with E-state index in [0.29, 0.717) is 30.5 Å². The largest absolute Gasteiger partial charge is 0.454 e. The first-order chi connectivity index (χ1) is 91.5. The van der Waals surface area contributed by atoms with E-state index >= 15 is 0 Å². The summed E-state index contributed by atoms with van der Waals surface area (Å²) in [7, 11) is 4.46. The topological polar surface area (TPSA) is 374 Å². The lowest BCUT2D eigenvalue weighted by Gasteiger charge is -2.46. The number of aromatic amines is 5. The van der Waals surface area contributed by atoms with Crippen molar-refractivity contribution in [2.24, 2.45) is 0 Å². The summed E-state index contributed by atoms with van der Waals surface area (Å²) < 4.78 is 518. The molecule has 0 aliphatic carbocycles. The number of hydrogen-bond donors (Lipinski definition) is 5. The third kappa shape index (κ3) is 14.2. The van der Waals surface area contributed by atoms with E-state index in [2.05, 4.69) is 24.9 Å². The predicted molar refractivity (Wildman–Crippen MR) is 523 cm³/mol. The Kier molecular flexibility index (Phi) is 11.2. The van der Waals surface area contributed by atoms with Crippen molar-refractivity contribution in [1.29, 1.82) is 0 Å². The number of para-hydroxylation sites is 5. The zero-order chi connectivity index (χ0) is 147. The molecular weight excluding hydrogens is 1850 g/mol. The van der Waals surface area contributed by atoms with Gasteiger partial charge in [-0.2, -0.15) is 0 Å². The van der Waals surface area contributed by atoms with E-state index in [9.17, 15) is 61.7 Å². The Morgan fingerprint density at radius 3 is 0.883 bits per heavy atom. The highest BCUT2D eigenvalue weighted by atomic mass is 16.7. The average Bonchev–Trinajstić information content (AvgIpc) is 1.67. The second-order valence-corrected chi connectivity index (χ2v) is 32.9. The molecule has 15 aromatic rings. The van der Waals surface area contributed by atoms with E-state index < -0.39 is 385 Å². The molecule has 5 fully saturated rings. The number of carbonyl (C=O) groups excluding carboxylic acids is 10. The minimum absolute atomic E-state index is 0.00797. The molecule has 15 aliphatic heterocycles. The Bertz CT molecular complexity index is 11300. The van der Waals surface area contributed by atoms with Crippen LogP contribution < -0.4 is 47.4 Å². The summed E-state index contributed by atoms with van der Waals surface area (Å²) in [6.07, 6.45) is -15.7. The fraction of sp³-hybridized carbons (Fsp3) is 0.273. The van der Waals surface area contributed by atoms with Crippen LogP contribution in [0.1, 0.15) is 188 Å². The SMILES string of the molecule is [2H]C1([2H])Oc2ccc([C@]3([2H])c4[nH]c5ccccc5c4C([2H])([2H])[C@]4([2H])C(=O)N(C)C([2H])([2H])C(=O)N34)cc2O1.[2H]c1c([2H])c([2H])c2c3c([nH]c2c1[2H])[C@@]([2H])(c1ccc2c(c1)OC([2H])([2H])O2)N1C(=O)C([2H])([2H])N(C)C(=O)[C@@]1([2H])C3([2H])[2H].[2H]c1c([2H])c([2H])c2c3c([nH]c2c1[2H])[C@@]([2H])(c1ccc2c(c1)OCO2)N1C(=O)C([2H])([2H])N(C)C(=O)[C@@]1([2H])C3([2H])[2H].[2H]c1c([2H])c([C@]2([2H])c3[nH]c4c([2H])c([2H])c([2H])c([2H])c4c3C([2H])([2H])[C@]3([2H])C(=O)N(C)C([2H])([2H])C(=O)N23)c([2H])c2c1OC([2H])([2H])O2.[2H]c1c([2H])c([C@]2([2H])c3[nH]c4ccccc4c3C([2H])([2H])[C@]3([2H])C(=O)N(C)C([2H])([2H])C(=O)N23)c([2H])c2c1OCO2. The number of hydrogen-bond acceptors (Lipinski definition) is 20. The first-order valence-electron chi connectivity index (χ1n) is 70.2. The monoisotopic (exact) mass is 2000 g/mol. The number of carbonyl (C=O) groups is 10. The summed E-state index contributed by atoms with van der Waals surface area (Å²) in [5.74, 6) is -17.6. The first kappa shape index (κ1) is 47.9. The van der Waals surface area contributed by atoms with Crippen molar-refractivity contribution in [2.45, 2.75) is 92.0 Å². The van der Waals surface area contributed by atoms with Crippen LogP contribution in [-0.2, 0) is 79.8 Å². The van der Waals surface area contributed by atoms with Crippen molar-refractivity contribution in [3.63, 3.8) is 0 Å². The molecule has 15 aliphatic rings. The second kappa shape index (κ2) is 33.9. The number of ether oxygens (including phenoxy) is 10. The molecule has 30 rings (SSSR count). The summed E-state index contributed by atoms with van der Waals surface area (Å²) in [5, 5.41) is -0.971. The maximum atomic E-state index is 13.9. The fourth-order valence-electron chi connectivity index (χ4n) is 18.1. The third-order valence-electron chi connectivity index (χ3n) is 24.6. The van der Waals surface area contributed by atoms with Crippen LogP contribution in [0.2, 0.25) is 0 Å². The number of rotatable bonds is 5. The number of aromatic nitrogens is 5. The molecular formula is C110H95N15O20. The molecule has 20 heterocycles. The molecule has 5 saturated heterocycles. The van der Waals surface area contributed by atoms with Crippen molar-refractivity contribution in [3.8, 4) is 57.5 Å². The Balaban J connectivity index is 0.000000117. The number of fused-ring (bicyclic) bond motifs is 25. The van der Waals surface area contributed by atoms with Crippen molar-refractivity contribution >= 4 is 114 Å². The molecule has 145 heavy (non-hydrogen) atoms. The molecule has 0 bridgehead atoms. The van der Waals surface area contributed by atoms with Crippen LogP contribution in [0.25, 0.3) is 54.5 Å². The van der Waals surface area contributed by atoms with E-state index in [1.807, 2.05) is 0 Å². The van der Waals surface area contributed by atoms with Gasteiger partial charge in [-0.1, -0.05) is 121 Å². The van der Waals surface area contributed by atoms with Crippen molar-refractivity contribution in [3.05, 3.63) is 296 Å². The predicted octanol–water partition coefficient (Wildman–Crippen LogP) is 11.1. The van der Waals surface area contributed by atoms with E-state index in [0.717, 1.165) is 47.4 Å². The molecule has 0 spiro atoms. The number of nitrogens with one attached hydrogen (secondary N) is 5. The maximum Gasteiger partial charge on any atom is 0.245 e. The zero-order valence-corrected chi connectivity index (χ0v) is 74.4. The van der Waals surface area contributed by atoms with Crippen LogP contribution in [0.3, 0.4) is 0 Å². The van der Waals surface area contributed by atoms with Gasteiger partial charge in [0.05, 0.1) is 115 Å². The number of nitrogens with zero attached hydrogens (tertiary/aromatic N) is 10. The number of H-pyrrole nitrogens is 5. The summed E-state index contributed by atoms with van der Waals surface area (Å²) in [5.41, 5.74) is -7.88. The zero-order valence-electron chi connectivity index (χ0n) is 128. The molecule has 0 radical (unpaired) electrons. The molecule has 10 aromatic carbocycles. The second-order valence-electron chi connectivity index (χ2n) is 32.9. The van der Waals surface area contributed by atoms with Gasteiger partial charge in [-0.25, -0.2) is 0 Å². The van der Waals surface area contributed by atoms with Gasteiger partial charge < -0.3 is 121 Å². The smallest absolute Gasteiger partial charge is 0.245 e. The van der Waals surface area contributed by atoms with Crippen LogP contribution in [0.15, 0.2) is 212 Å². The van der Waals surface area contributed by atoms with E-state index in [1.165, 1.54) is 48.5 Å². The van der Waals surface area contributed by atoms with Gasteiger partial charge in [0.1, 0.15) is 38.3 Å². The van der Waals surface area contributed by atoms with Gasteiger partial charge >= 0.3 is 0 Å². The highest BCUT2D eigenvalue weighted by molar-refractivity contribution is 6.03. The highest BCUT2D eigenvalue weighted by Gasteiger charge is 2.55. The summed E-state index contributed by atoms with van der Waals surface area (Å²) in [4.78, 5) is 153. The van der Waals surface area contributed by atoms with Crippen molar-refractivity contribution in [1.82, 2.24) is 73.9 Å². The van der Waals surface area contributed by atoms with Gasteiger partial charge in [0.25, 0.3) is 0 Å². The van der Waals surface area contributed by atoms with Crippen molar-refractivity contribution < 1.29 is 169 Å². The van der Waals surface area contributed by atoms with Crippen LogP contribution in [0, 0.1) is 0 Å². The summed E-state index contributed by atoms with van der Waals surface area (Å²) in [6, 6.07) is -20.8. The molecule has 730 valence electrons. The minimum atomic E-state index is -3.60. The molecule has 10 amide bonds. The molecule has 5 aromatic heterocycles. The van der Waals surface area contributed by atoms with Crippen molar-refractivity contribution in [2.75, 3.05) is 102 Å². The molecule has 10 atom stereocenters. The highest BCUT2D eigenvalue weighted by Crippen LogP contribution is 2.53. The number of benzene rings is 10. The summed E-state index contributed by atoms with van der Waals surface area (Å²) in [6.45, 7) is -24.2. The molecule has 0 saturated carbocycles. The van der Waals surface area contributed by atoms with Gasteiger partial charge in [0.15, 0.2) is 57.5 Å². The standard InChI is InChI=1S/5C22H19N3O4/c5*1-24-10-19(26)25-16(22(24)27)9-14-13-4-2-3-5-15(13)23-20(14)21(25)12-6-7-17-18(8-12)29-11-28-17/h5*2-8,16,21,23H,9-11H2,1H3/t5*16-,21-/m11111/s1/i2D,3D,4D,5D,6D,7D,8D,9D2,10D2,11D2,16D,21D;2D,3D,4D,5D,9D2,10D2,11D2,16D,21D;2D,3D,4D,5D,9D2,10D2,16D,21D;6D,7D,8D,9D2,10D2,16D,21D;9D2,10D2,11D2,16D,21D. The Morgan fingerprint density at radius 1 is 0.269 bits per heavy atom. The Hall–Kier alpha value is -17.4. The minimum Gasteiger partial charge on any atom is -0.454 e. The van der Waals surface area contributed by atoms with E-state index in [1.54, 1.807) is 42.5 Å². The van der Waals surface area contributed by atoms with E-state index in [-0.39, 0.29) is 156 Å². The van der Waals surface area contributed by atoms with Crippen LogP contribution in [0.4, 0.5) is 0 Å². The Labute approximate surface area is 902 Å². The fourth-order valence-corrected chi connectivity index (χ4v) is 18.1. The summed E-state index contributed by atoms with van der Waals surface area (Å²) >= 11 is 0. The molecule has 35 nitrogen and oxygen atoms in total. The maximum absolute atomic E-state index is 13.9. The third-order valence-corrected chi connectivity index (χ3v) is 24.6. The molecule has 35 heteroatoms. The first-order valence-corrected chi connectivity index (χ1v) is 43.2. The number of piperazine rings is 5. The molecule has 5 N–H and O–H groups in total. The van der Waals surface area contributed by atoms with E-state index in [4.69, 9.17) is 108 Å².